The Kier molecular flexibility index (Phi) is 4.96. The van der Waals surface area contributed by atoms with Crippen molar-refractivity contribution in [2.45, 2.75) is 32.1 Å². The van der Waals surface area contributed by atoms with Crippen molar-refractivity contribution in [1.29, 1.82) is 0 Å². The van der Waals surface area contributed by atoms with Crippen LogP contribution in [-0.2, 0) is 0 Å². The number of allylic oxidation sites excluding steroid dienone is 1. The van der Waals surface area contributed by atoms with Gasteiger partial charge in [-0.05, 0) is 44.2 Å². The first-order valence-corrected chi connectivity index (χ1v) is 8.54. The minimum atomic E-state index is -0.102. The number of hydrogen-bond donors (Lipinski definition) is 1. The maximum absolute atomic E-state index is 12.1. The number of amides is 1. The summed E-state index contributed by atoms with van der Waals surface area (Å²) in [6.07, 6.45) is 9.93. The van der Waals surface area contributed by atoms with Gasteiger partial charge in [0.1, 0.15) is 10.7 Å². The smallest absolute Gasteiger partial charge is 0.270 e. The minimum absolute atomic E-state index is 0.102. The van der Waals surface area contributed by atoms with Gasteiger partial charge in [-0.3, -0.25) is 9.78 Å². The Hall–Kier alpha value is -2.01. The molecule has 0 fully saturated rings. The Labute approximate surface area is 134 Å². The van der Waals surface area contributed by atoms with E-state index in [4.69, 9.17) is 0 Å². The highest BCUT2D eigenvalue weighted by Crippen LogP contribution is 2.21. The van der Waals surface area contributed by atoms with E-state index >= 15 is 0 Å². The van der Waals surface area contributed by atoms with Crippen LogP contribution in [-0.4, -0.2) is 22.4 Å². The summed E-state index contributed by atoms with van der Waals surface area (Å²) in [6, 6.07) is 5.68. The second-order valence-corrected chi connectivity index (χ2v) is 6.23. The minimum Gasteiger partial charge on any atom is -0.350 e. The molecule has 22 heavy (non-hydrogen) atoms. The van der Waals surface area contributed by atoms with E-state index in [9.17, 15) is 4.79 Å². The molecule has 1 N–H and O–H groups in total. The first-order valence-electron chi connectivity index (χ1n) is 7.66. The summed E-state index contributed by atoms with van der Waals surface area (Å²) in [5.41, 5.74) is 2.75. The molecule has 1 aliphatic carbocycles. The van der Waals surface area contributed by atoms with E-state index in [1.165, 1.54) is 42.6 Å². The fraction of sp³-hybridized carbons (Fsp3) is 0.353. The monoisotopic (exact) mass is 313 g/mol. The zero-order valence-electron chi connectivity index (χ0n) is 12.4. The first-order chi connectivity index (χ1) is 10.8. The number of nitrogens with one attached hydrogen (secondary N) is 1. The van der Waals surface area contributed by atoms with Crippen LogP contribution >= 0.6 is 11.3 Å². The first kappa shape index (κ1) is 14.9. The average Bonchev–Trinajstić information content (AvgIpc) is 3.07. The highest BCUT2D eigenvalue weighted by molar-refractivity contribution is 7.13. The lowest BCUT2D eigenvalue weighted by Crippen LogP contribution is -2.25. The van der Waals surface area contributed by atoms with E-state index in [0.717, 1.165) is 17.1 Å². The van der Waals surface area contributed by atoms with Crippen LogP contribution in [0, 0.1) is 0 Å². The number of carbonyl (C=O) groups is 1. The second-order valence-electron chi connectivity index (χ2n) is 5.37. The number of thiazole rings is 1. The van der Waals surface area contributed by atoms with E-state index in [2.05, 4.69) is 21.4 Å². The molecule has 1 aliphatic rings. The second kappa shape index (κ2) is 7.31. The zero-order chi connectivity index (χ0) is 15.2. The summed E-state index contributed by atoms with van der Waals surface area (Å²) in [6.45, 7) is 0.682. The predicted octanol–water partition coefficient (Wildman–Crippen LogP) is 3.83. The molecular weight excluding hydrogens is 294 g/mol. The highest BCUT2D eigenvalue weighted by atomic mass is 32.1. The molecule has 0 radical (unpaired) electrons. The molecule has 0 aromatic carbocycles. The van der Waals surface area contributed by atoms with Gasteiger partial charge in [-0.15, -0.1) is 11.3 Å². The van der Waals surface area contributed by atoms with Gasteiger partial charge in [0.05, 0.1) is 5.69 Å². The predicted molar refractivity (Wildman–Crippen MR) is 88.8 cm³/mol. The Morgan fingerprint density at radius 3 is 3.05 bits per heavy atom. The molecule has 0 unspecified atom stereocenters. The number of carbonyl (C=O) groups excluding carboxylic acids is 1. The summed E-state index contributed by atoms with van der Waals surface area (Å²) in [5, 5.41) is 5.52. The molecule has 0 spiro atoms. The maximum atomic E-state index is 12.1. The standard InChI is InChI=1S/C17H19N3OS/c21-16(19-11-9-13-6-2-1-3-7-13)15-12-22-17(20-15)14-8-4-5-10-18-14/h4-6,8,10,12H,1-3,7,9,11H2,(H,19,21). The largest absolute Gasteiger partial charge is 0.350 e. The van der Waals surface area contributed by atoms with E-state index in [1.54, 1.807) is 11.6 Å². The normalized spacial score (nSPS) is 14.5. The number of nitrogens with zero attached hydrogens (tertiary/aromatic N) is 2. The third-order valence-electron chi connectivity index (χ3n) is 3.74. The van der Waals surface area contributed by atoms with Gasteiger partial charge < -0.3 is 5.32 Å². The number of aromatic nitrogens is 2. The summed E-state index contributed by atoms with van der Waals surface area (Å²) >= 11 is 1.45. The fourth-order valence-corrected chi connectivity index (χ4v) is 3.32. The van der Waals surface area contributed by atoms with Crippen molar-refractivity contribution >= 4 is 17.2 Å². The molecule has 2 aromatic rings. The molecule has 0 bridgehead atoms. The van der Waals surface area contributed by atoms with E-state index in [0.29, 0.717) is 12.2 Å². The summed E-state index contributed by atoms with van der Waals surface area (Å²) in [5.74, 6) is -0.102. The fourth-order valence-electron chi connectivity index (χ4n) is 2.54. The van der Waals surface area contributed by atoms with E-state index < -0.39 is 0 Å². The molecule has 2 aromatic heterocycles. The molecule has 0 atom stereocenters. The number of pyridine rings is 1. The van der Waals surface area contributed by atoms with Crippen LogP contribution in [0.25, 0.3) is 10.7 Å². The van der Waals surface area contributed by atoms with Gasteiger partial charge in [0.25, 0.3) is 5.91 Å². The van der Waals surface area contributed by atoms with Gasteiger partial charge in [0.2, 0.25) is 0 Å². The maximum Gasteiger partial charge on any atom is 0.270 e. The Balaban J connectivity index is 1.54. The van der Waals surface area contributed by atoms with Gasteiger partial charge in [-0.1, -0.05) is 17.7 Å². The zero-order valence-corrected chi connectivity index (χ0v) is 13.2. The van der Waals surface area contributed by atoms with Gasteiger partial charge in [-0.2, -0.15) is 0 Å². The Morgan fingerprint density at radius 2 is 2.27 bits per heavy atom. The Bertz CT molecular complexity index is 664. The van der Waals surface area contributed by atoms with Gasteiger partial charge in [-0.25, -0.2) is 4.98 Å². The lowest BCUT2D eigenvalue weighted by atomic mass is 9.97. The lowest BCUT2D eigenvalue weighted by Gasteiger charge is -2.12. The van der Waals surface area contributed by atoms with Crippen molar-refractivity contribution in [2.75, 3.05) is 6.54 Å². The van der Waals surface area contributed by atoms with Crippen LogP contribution < -0.4 is 5.32 Å². The molecule has 114 valence electrons. The van der Waals surface area contributed by atoms with Crippen molar-refractivity contribution in [3.8, 4) is 10.7 Å². The van der Waals surface area contributed by atoms with Crippen molar-refractivity contribution < 1.29 is 4.79 Å². The molecule has 1 amide bonds. The van der Waals surface area contributed by atoms with Crippen molar-refractivity contribution in [1.82, 2.24) is 15.3 Å². The van der Waals surface area contributed by atoms with Crippen LogP contribution in [0.15, 0.2) is 41.4 Å². The van der Waals surface area contributed by atoms with Crippen molar-refractivity contribution in [3.63, 3.8) is 0 Å². The van der Waals surface area contributed by atoms with Crippen LogP contribution in [0.3, 0.4) is 0 Å². The van der Waals surface area contributed by atoms with Gasteiger partial charge in [0.15, 0.2) is 0 Å². The molecule has 0 saturated heterocycles. The summed E-state index contributed by atoms with van der Waals surface area (Å²) in [7, 11) is 0. The third kappa shape index (κ3) is 3.80. The molecule has 2 heterocycles. The quantitative estimate of drug-likeness (QED) is 0.854. The number of rotatable bonds is 5. The van der Waals surface area contributed by atoms with Crippen LogP contribution in [0.5, 0.6) is 0 Å². The van der Waals surface area contributed by atoms with Crippen LogP contribution in [0.1, 0.15) is 42.6 Å². The van der Waals surface area contributed by atoms with Gasteiger partial charge >= 0.3 is 0 Å². The topological polar surface area (TPSA) is 54.9 Å². The molecule has 4 nitrogen and oxygen atoms in total. The molecule has 0 aliphatic heterocycles. The lowest BCUT2D eigenvalue weighted by molar-refractivity contribution is 0.0950. The van der Waals surface area contributed by atoms with Crippen LogP contribution in [0.4, 0.5) is 0 Å². The molecule has 0 saturated carbocycles. The van der Waals surface area contributed by atoms with Crippen LogP contribution in [0.2, 0.25) is 0 Å². The van der Waals surface area contributed by atoms with E-state index in [-0.39, 0.29) is 5.91 Å². The molecule has 5 heteroatoms. The number of hydrogen-bond acceptors (Lipinski definition) is 4. The van der Waals surface area contributed by atoms with Crippen molar-refractivity contribution in [2.24, 2.45) is 0 Å². The summed E-state index contributed by atoms with van der Waals surface area (Å²) < 4.78 is 0. The molecular formula is C17H19N3OS. The van der Waals surface area contributed by atoms with Crippen molar-refractivity contribution in [3.05, 3.63) is 47.1 Å². The Morgan fingerprint density at radius 1 is 1.32 bits per heavy atom. The SMILES string of the molecule is O=C(NCCC1=CCCCC1)c1csc(-c2ccccn2)n1. The van der Waals surface area contributed by atoms with E-state index in [1.807, 2.05) is 18.2 Å². The molecule has 3 rings (SSSR count). The van der Waals surface area contributed by atoms with Gasteiger partial charge in [0, 0.05) is 18.1 Å². The average molecular weight is 313 g/mol. The summed E-state index contributed by atoms with van der Waals surface area (Å²) in [4.78, 5) is 20.8. The third-order valence-corrected chi connectivity index (χ3v) is 4.60. The highest BCUT2D eigenvalue weighted by Gasteiger charge is 2.12.